The number of alkyl halides is 1. The average Bonchev–Trinajstić information content (AvgIpc) is 1.84. The third-order valence-electron chi connectivity index (χ3n) is 0.909. The van der Waals surface area contributed by atoms with Crippen molar-refractivity contribution < 1.29 is 0 Å². The maximum Gasteiger partial charge on any atom is 0.0737 e. The van der Waals surface area contributed by atoms with Gasteiger partial charge >= 0.3 is 0 Å². The summed E-state index contributed by atoms with van der Waals surface area (Å²) in [5.74, 6) is 0. The molecule has 1 nitrogen and oxygen atoms in total. The maximum atomic E-state index is 7.22. The van der Waals surface area contributed by atoms with Crippen LogP contribution in [0.25, 0.3) is 0 Å². The van der Waals surface area contributed by atoms with Gasteiger partial charge in [-0.3, -0.25) is 0 Å². The van der Waals surface area contributed by atoms with Crippen molar-refractivity contribution in [3.8, 4) is 0 Å². The summed E-state index contributed by atoms with van der Waals surface area (Å²) in [5, 5.41) is 7.35. The second-order valence-corrected chi connectivity index (χ2v) is 2.73. The lowest BCUT2D eigenvalue weighted by molar-refractivity contribution is 1.25. The molecular formula is C6H9Cl2N. The number of hydrogen-bond donors (Lipinski definition) is 1. The van der Waals surface area contributed by atoms with Crippen molar-refractivity contribution >= 4 is 28.9 Å². The molecule has 1 N–H and O–H groups in total. The van der Waals surface area contributed by atoms with E-state index in [-0.39, 0.29) is 11.1 Å². The molecule has 0 aliphatic rings. The van der Waals surface area contributed by atoms with Crippen LogP contribution in [0.4, 0.5) is 0 Å². The Labute approximate surface area is 65.2 Å². The molecule has 0 bridgehead atoms. The lowest BCUT2D eigenvalue weighted by Gasteiger charge is -2.01. The molecule has 0 aliphatic heterocycles. The van der Waals surface area contributed by atoms with E-state index in [9.17, 15) is 0 Å². The van der Waals surface area contributed by atoms with Crippen molar-refractivity contribution in [1.29, 1.82) is 5.41 Å². The van der Waals surface area contributed by atoms with Crippen molar-refractivity contribution in [3.63, 3.8) is 0 Å². The molecule has 0 amide bonds. The minimum atomic E-state index is -0.298. The van der Waals surface area contributed by atoms with E-state index in [4.69, 9.17) is 28.6 Å². The second kappa shape index (κ2) is 3.91. The minimum Gasteiger partial charge on any atom is -0.302 e. The number of allylic oxidation sites excluding steroid dienone is 2. The number of hydrogen-bond acceptors (Lipinski definition) is 1. The standard InChI is InChI=1S/C6H9Cl2N/c1-3-5(8)6(9)4(2)7/h3-4,9H,1-2H3/b5-3+,9-6?. The fourth-order valence-corrected chi connectivity index (χ4v) is 0.683. The van der Waals surface area contributed by atoms with Crippen LogP contribution in [0.5, 0.6) is 0 Å². The first kappa shape index (κ1) is 8.99. The third-order valence-corrected chi connectivity index (χ3v) is 1.55. The SMILES string of the molecule is C/C=C(/Cl)C(=N)C(C)Cl. The minimum absolute atomic E-state index is 0.279. The van der Waals surface area contributed by atoms with Gasteiger partial charge in [-0.1, -0.05) is 17.7 Å². The van der Waals surface area contributed by atoms with Gasteiger partial charge in [0, 0.05) is 0 Å². The Bertz CT molecular complexity index is 138. The Balaban J connectivity index is 4.06. The van der Waals surface area contributed by atoms with Gasteiger partial charge in [-0.25, -0.2) is 0 Å². The predicted octanol–water partition coefficient (Wildman–Crippen LogP) is 2.78. The Morgan fingerprint density at radius 1 is 1.67 bits per heavy atom. The zero-order chi connectivity index (χ0) is 7.44. The summed E-state index contributed by atoms with van der Waals surface area (Å²) >= 11 is 11.1. The van der Waals surface area contributed by atoms with E-state index in [1.165, 1.54) is 0 Å². The van der Waals surface area contributed by atoms with Gasteiger partial charge in [-0.15, -0.1) is 11.6 Å². The first-order valence-electron chi connectivity index (χ1n) is 2.64. The van der Waals surface area contributed by atoms with Gasteiger partial charge < -0.3 is 5.41 Å². The molecule has 0 spiro atoms. The van der Waals surface area contributed by atoms with Crippen molar-refractivity contribution in [2.24, 2.45) is 0 Å². The van der Waals surface area contributed by atoms with E-state index >= 15 is 0 Å². The highest BCUT2D eigenvalue weighted by Gasteiger charge is 2.06. The third kappa shape index (κ3) is 2.87. The zero-order valence-electron chi connectivity index (χ0n) is 5.41. The molecule has 0 aromatic rings. The molecular weight excluding hydrogens is 157 g/mol. The van der Waals surface area contributed by atoms with Crippen LogP contribution in [0, 0.1) is 5.41 Å². The smallest absolute Gasteiger partial charge is 0.0737 e. The quantitative estimate of drug-likeness (QED) is 0.481. The molecule has 0 radical (unpaired) electrons. The first-order chi connectivity index (χ1) is 4.09. The molecule has 0 fully saturated rings. The highest BCUT2D eigenvalue weighted by atomic mass is 35.5. The van der Waals surface area contributed by atoms with Crippen molar-refractivity contribution in [2.75, 3.05) is 0 Å². The van der Waals surface area contributed by atoms with E-state index < -0.39 is 0 Å². The van der Waals surface area contributed by atoms with Gasteiger partial charge in [0.1, 0.15) is 0 Å². The topological polar surface area (TPSA) is 23.9 Å². The average molecular weight is 166 g/mol. The number of halogens is 2. The van der Waals surface area contributed by atoms with Gasteiger partial charge in [0.15, 0.2) is 0 Å². The van der Waals surface area contributed by atoms with Crippen molar-refractivity contribution in [1.82, 2.24) is 0 Å². The fourth-order valence-electron chi connectivity index (χ4n) is 0.346. The van der Waals surface area contributed by atoms with Crippen LogP contribution in [-0.2, 0) is 0 Å². The molecule has 0 aliphatic carbocycles. The normalized spacial score (nSPS) is 15.3. The predicted molar refractivity (Wildman–Crippen MR) is 42.7 cm³/mol. The van der Waals surface area contributed by atoms with E-state index in [1.807, 2.05) is 0 Å². The summed E-state index contributed by atoms with van der Waals surface area (Å²) in [6.45, 7) is 3.49. The molecule has 1 unspecified atom stereocenters. The van der Waals surface area contributed by atoms with Crippen LogP contribution in [0.1, 0.15) is 13.8 Å². The molecule has 9 heavy (non-hydrogen) atoms. The summed E-state index contributed by atoms with van der Waals surface area (Å²) < 4.78 is 0. The van der Waals surface area contributed by atoms with E-state index in [2.05, 4.69) is 0 Å². The molecule has 0 rings (SSSR count). The second-order valence-electron chi connectivity index (χ2n) is 1.67. The van der Waals surface area contributed by atoms with Gasteiger partial charge in [-0.05, 0) is 13.8 Å². The van der Waals surface area contributed by atoms with Crippen LogP contribution < -0.4 is 0 Å². The fraction of sp³-hybridized carbons (Fsp3) is 0.500. The van der Waals surface area contributed by atoms with E-state index in [0.717, 1.165) is 0 Å². The molecule has 0 aromatic heterocycles. The molecule has 0 heterocycles. The van der Waals surface area contributed by atoms with E-state index in [1.54, 1.807) is 19.9 Å². The zero-order valence-corrected chi connectivity index (χ0v) is 6.92. The monoisotopic (exact) mass is 165 g/mol. The van der Waals surface area contributed by atoms with Gasteiger partial charge in [0.25, 0.3) is 0 Å². The molecule has 3 heteroatoms. The number of rotatable bonds is 2. The van der Waals surface area contributed by atoms with Gasteiger partial charge in [0.05, 0.1) is 16.1 Å². The molecule has 0 aromatic carbocycles. The summed E-state index contributed by atoms with van der Waals surface area (Å²) in [4.78, 5) is 0. The lowest BCUT2D eigenvalue weighted by Crippen LogP contribution is -2.08. The maximum absolute atomic E-state index is 7.22. The Hall–Kier alpha value is -0.0100. The van der Waals surface area contributed by atoms with Crippen LogP contribution >= 0.6 is 23.2 Å². The van der Waals surface area contributed by atoms with Gasteiger partial charge in [0.2, 0.25) is 0 Å². The van der Waals surface area contributed by atoms with Crippen LogP contribution in [0.2, 0.25) is 0 Å². The van der Waals surface area contributed by atoms with Crippen LogP contribution in [0.3, 0.4) is 0 Å². The molecule has 0 saturated carbocycles. The Morgan fingerprint density at radius 2 is 2.11 bits per heavy atom. The summed E-state index contributed by atoms with van der Waals surface area (Å²) in [5.41, 5.74) is 0.279. The summed E-state index contributed by atoms with van der Waals surface area (Å²) in [6, 6.07) is 0. The largest absolute Gasteiger partial charge is 0.302 e. The Kier molecular flexibility index (Phi) is 3.91. The molecule has 0 saturated heterocycles. The van der Waals surface area contributed by atoms with Crippen molar-refractivity contribution in [2.45, 2.75) is 19.2 Å². The first-order valence-corrected chi connectivity index (χ1v) is 3.45. The Morgan fingerprint density at radius 3 is 2.22 bits per heavy atom. The summed E-state index contributed by atoms with van der Waals surface area (Å²) in [7, 11) is 0. The van der Waals surface area contributed by atoms with Crippen LogP contribution in [0.15, 0.2) is 11.1 Å². The number of nitrogens with one attached hydrogen (secondary N) is 1. The van der Waals surface area contributed by atoms with Gasteiger partial charge in [-0.2, -0.15) is 0 Å². The molecule has 1 atom stereocenters. The lowest BCUT2D eigenvalue weighted by atomic mass is 10.2. The van der Waals surface area contributed by atoms with Crippen molar-refractivity contribution in [3.05, 3.63) is 11.1 Å². The van der Waals surface area contributed by atoms with Crippen LogP contribution in [-0.4, -0.2) is 11.1 Å². The highest BCUT2D eigenvalue weighted by Crippen LogP contribution is 2.09. The molecule has 52 valence electrons. The summed E-state index contributed by atoms with van der Waals surface area (Å²) in [6.07, 6.45) is 1.66. The van der Waals surface area contributed by atoms with E-state index in [0.29, 0.717) is 5.03 Å². The highest BCUT2D eigenvalue weighted by molar-refractivity contribution is 6.48.